The van der Waals surface area contributed by atoms with Crippen molar-refractivity contribution in [2.24, 2.45) is 0 Å². The maximum Gasteiger partial charge on any atom is 0.328 e. The number of nitriles is 1. The number of aromatic nitrogens is 1. The molecule has 0 amide bonds. The maximum atomic E-state index is 10.5. The second-order valence-corrected chi connectivity index (χ2v) is 4.52. The number of hydrogen-bond acceptors (Lipinski definition) is 5. The highest BCUT2D eigenvalue weighted by Crippen LogP contribution is 2.21. The van der Waals surface area contributed by atoms with Crippen LogP contribution >= 0.6 is 0 Å². The standard InChI is InChI=1S/C14H15N3O3/c1-10-6-11(2-3-13(18)19)8-16-14(10)17-4-5-20-12(7-15)9-17/h2-3,6,8,12H,4-5,9H2,1H3,(H,18,19)/b3-2+. The Balaban J connectivity index is 2.17. The van der Waals surface area contributed by atoms with Crippen LogP contribution < -0.4 is 4.90 Å². The molecule has 0 aliphatic carbocycles. The van der Waals surface area contributed by atoms with Gasteiger partial charge in [-0.2, -0.15) is 5.26 Å². The summed E-state index contributed by atoms with van der Waals surface area (Å²) in [5.74, 6) is -0.183. The molecule has 1 aromatic heterocycles. The molecule has 20 heavy (non-hydrogen) atoms. The number of aryl methyl sites for hydroxylation is 1. The summed E-state index contributed by atoms with van der Waals surface area (Å²) in [7, 11) is 0. The Morgan fingerprint density at radius 1 is 1.70 bits per heavy atom. The van der Waals surface area contributed by atoms with Crippen LogP contribution in [0.4, 0.5) is 5.82 Å². The molecule has 0 spiro atoms. The second kappa shape index (κ2) is 6.17. The molecule has 1 aliphatic rings. The molecule has 1 unspecified atom stereocenters. The van der Waals surface area contributed by atoms with Gasteiger partial charge in [-0.25, -0.2) is 9.78 Å². The van der Waals surface area contributed by atoms with E-state index in [1.54, 1.807) is 6.20 Å². The monoisotopic (exact) mass is 273 g/mol. The third-order valence-electron chi connectivity index (χ3n) is 3.00. The van der Waals surface area contributed by atoms with Gasteiger partial charge in [0.25, 0.3) is 0 Å². The van der Waals surface area contributed by atoms with E-state index in [-0.39, 0.29) is 0 Å². The Morgan fingerprint density at radius 3 is 3.15 bits per heavy atom. The minimum Gasteiger partial charge on any atom is -0.478 e. The molecule has 0 radical (unpaired) electrons. The lowest BCUT2D eigenvalue weighted by atomic mass is 10.1. The number of ether oxygens (including phenoxy) is 1. The van der Waals surface area contributed by atoms with E-state index in [9.17, 15) is 4.79 Å². The fraction of sp³-hybridized carbons (Fsp3) is 0.357. The first-order valence-electron chi connectivity index (χ1n) is 6.24. The number of carbonyl (C=O) groups is 1. The molecule has 6 nitrogen and oxygen atoms in total. The van der Waals surface area contributed by atoms with Gasteiger partial charge in [-0.1, -0.05) is 0 Å². The average molecular weight is 273 g/mol. The summed E-state index contributed by atoms with van der Waals surface area (Å²) in [5, 5.41) is 17.5. The number of pyridine rings is 1. The van der Waals surface area contributed by atoms with Crippen LogP contribution in [-0.4, -0.2) is 41.9 Å². The summed E-state index contributed by atoms with van der Waals surface area (Å²) in [6, 6.07) is 3.97. The Bertz CT molecular complexity index is 578. The normalized spacial score (nSPS) is 19.0. The fourth-order valence-corrected chi connectivity index (χ4v) is 2.10. The lowest BCUT2D eigenvalue weighted by molar-refractivity contribution is -0.131. The zero-order valence-corrected chi connectivity index (χ0v) is 11.1. The van der Waals surface area contributed by atoms with Gasteiger partial charge in [0.1, 0.15) is 5.82 Å². The summed E-state index contributed by atoms with van der Waals surface area (Å²) in [6.07, 6.45) is 3.77. The van der Waals surface area contributed by atoms with E-state index in [0.717, 1.165) is 23.0 Å². The van der Waals surface area contributed by atoms with E-state index in [0.29, 0.717) is 19.7 Å². The highest BCUT2D eigenvalue weighted by atomic mass is 16.5. The SMILES string of the molecule is Cc1cc(/C=C/C(=O)O)cnc1N1CCOC(C#N)C1. The van der Waals surface area contributed by atoms with Crippen LogP contribution in [0.15, 0.2) is 18.3 Å². The largest absolute Gasteiger partial charge is 0.478 e. The highest BCUT2D eigenvalue weighted by molar-refractivity contribution is 5.85. The van der Waals surface area contributed by atoms with Gasteiger partial charge >= 0.3 is 5.97 Å². The first kappa shape index (κ1) is 14.0. The van der Waals surface area contributed by atoms with Crippen LogP contribution in [0.5, 0.6) is 0 Å². The van der Waals surface area contributed by atoms with Gasteiger partial charge in [-0.3, -0.25) is 0 Å². The molecule has 6 heteroatoms. The fourth-order valence-electron chi connectivity index (χ4n) is 2.10. The van der Waals surface area contributed by atoms with Crippen LogP contribution in [-0.2, 0) is 9.53 Å². The van der Waals surface area contributed by atoms with Crippen LogP contribution in [0.3, 0.4) is 0 Å². The van der Waals surface area contributed by atoms with Crippen LogP contribution in [0.2, 0.25) is 0 Å². The van der Waals surface area contributed by atoms with Crippen molar-refractivity contribution in [3.05, 3.63) is 29.5 Å². The summed E-state index contributed by atoms with van der Waals surface area (Å²) in [5.41, 5.74) is 1.68. The molecule has 1 aliphatic heterocycles. The van der Waals surface area contributed by atoms with Gasteiger partial charge < -0.3 is 14.7 Å². The first-order chi connectivity index (χ1) is 9.60. The van der Waals surface area contributed by atoms with Crippen molar-refractivity contribution < 1.29 is 14.6 Å². The number of morpholine rings is 1. The number of hydrogen-bond donors (Lipinski definition) is 1. The summed E-state index contributed by atoms with van der Waals surface area (Å²) >= 11 is 0. The van der Waals surface area contributed by atoms with Crippen molar-refractivity contribution in [3.63, 3.8) is 0 Å². The van der Waals surface area contributed by atoms with Crippen molar-refractivity contribution in [3.8, 4) is 6.07 Å². The molecule has 104 valence electrons. The molecule has 0 aromatic carbocycles. The van der Waals surface area contributed by atoms with Gasteiger partial charge in [0.2, 0.25) is 0 Å². The zero-order valence-electron chi connectivity index (χ0n) is 11.1. The third kappa shape index (κ3) is 3.33. The average Bonchev–Trinajstić information content (AvgIpc) is 2.45. The Morgan fingerprint density at radius 2 is 2.50 bits per heavy atom. The van der Waals surface area contributed by atoms with Gasteiger partial charge in [-0.05, 0) is 30.2 Å². The van der Waals surface area contributed by atoms with Gasteiger partial charge in [0.15, 0.2) is 6.10 Å². The van der Waals surface area contributed by atoms with Crippen LogP contribution in [0.25, 0.3) is 6.08 Å². The molecule has 1 N–H and O–H groups in total. The third-order valence-corrected chi connectivity index (χ3v) is 3.00. The van der Waals surface area contributed by atoms with E-state index < -0.39 is 12.1 Å². The maximum absolute atomic E-state index is 10.5. The molecule has 1 atom stereocenters. The number of anilines is 1. The highest BCUT2D eigenvalue weighted by Gasteiger charge is 2.22. The van der Waals surface area contributed by atoms with Crippen molar-refractivity contribution >= 4 is 17.9 Å². The molecule has 2 heterocycles. The topological polar surface area (TPSA) is 86.4 Å². The minimum absolute atomic E-state index is 0.434. The van der Waals surface area contributed by atoms with Crippen molar-refractivity contribution in [2.75, 3.05) is 24.6 Å². The lowest BCUT2D eigenvalue weighted by Crippen LogP contribution is -2.42. The number of aliphatic carboxylic acids is 1. The quantitative estimate of drug-likeness (QED) is 0.833. The predicted octanol–water partition coefficient (Wildman–Crippen LogP) is 1.22. The van der Waals surface area contributed by atoms with Crippen LogP contribution in [0, 0.1) is 18.3 Å². The van der Waals surface area contributed by atoms with Crippen molar-refractivity contribution in [1.29, 1.82) is 5.26 Å². The number of carboxylic acid groups (broad SMARTS) is 1. The summed E-state index contributed by atoms with van der Waals surface area (Å²) in [6.45, 7) is 3.60. The van der Waals surface area contributed by atoms with Crippen molar-refractivity contribution in [1.82, 2.24) is 4.98 Å². The lowest BCUT2D eigenvalue weighted by Gasteiger charge is -2.31. The Hall–Kier alpha value is -2.39. The Kier molecular flexibility index (Phi) is 4.33. The molecule has 1 aromatic rings. The molecule has 1 saturated heterocycles. The van der Waals surface area contributed by atoms with E-state index >= 15 is 0 Å². The molecule has 1 fully saturated rings. The number of rotatable bonds is 3. The predicted molar refractivity (Wildman–Crippen MR) is 73.2 cm³/mol. The minimum atomic E-state index is -0.989. The van der Waals surface area contributed by atoms with E-state index in [2.05, 4.69) is 11.1 Å². The summed E-state index contributed by atoms with van der Waals surface area (Å²) in [4.78, 5) is 16.9. The number of carboxylic acids is 1. The van der Waals surface area contributed by atoms with Gasteiger partial charge in [0.05, 0.1) is 19.2 Å². The van der Waals surface area contributed by atoms with E-state index in [1.807, 2.05) is 17.9 Å². The number of nitrogens with zero attached hydrogens (tertiary/aromatic N) is 3. The second-order valence-electron chi connectivity index (χ2n) is 4.52. The summed E-state index contributed by atoms with van der Waals surface area (Å²) < 4.78 is 5.30. The van der Waals surface area contributed by atoms with Gasteiger partial charge in [-0.15, -0.1) is 0 Å². The van der Waals surface area contributed by atoms with E-state index in [4.69, 9.17) is 15.1 Å². The molecule has 2 rings (SSSR count). The first-order valence-corrected chi connectivity index (χ1v) is 6.24. The molecule has 0 saturated carbocycles. The molecule has 0 bridgehead atoms. The smallest absolute Gasteiger partial charge is 0.328 e. The van der Waals surface area contributed by atoms with Crippen LogP contribution in [0.1, 0.15) is 11.1 Å². The molecular formula is C14H15N3O3. The Labute approximate surface area is 116 Å². The van der Waals surface area contributed by atoms with E-state index in [1.165, 1.54) is 6.08 Å². The molecular weight excluding hydrogens is 258 g/mol. The van der Waals surface area contributed by atoms with Crippen molar-refractivity contribution in [2.45, 2.75) is 13.0 Å². The van der Waals surface area contributed by atoms with Gasteiger partial charge in [0, 0.05) is 18.8 Å². The zero-order chi connectivity index (χ0) is 14.5.